The first-order valence-electron chi connectivity index (χ1n) is 8.00. The summed E-state index contributed by atoms with van der Waals surface area (Å²) in [6.45, 7) is 5.50. The summed E-state index contributed by atoms with van der Waals surface area (Å²) in [5, 5.41) is 9.84. The first-order valence-corrected chi connectivity index (χ1v) is 9.36. The quantitative estimate of drug-likeness (QED) is 0.792. The highest BCUT2D eigenvalue weighted by Crippen LogP contribution is 2.41. The van der Waals surface area contributed by atoms with Gasteiger partial charge >= 0.3 is 16.4 Å². The smallest absolute Gasteiger partial charge is 0.486 e. The van der Waals surface area contributed by atoms with Crippen LogP contribution in [0.25, 0.3) is 0 Å². The maximum atomic E-state index is 12.5. The highest BCUT2D eigenvalue weighted by molar-refractivity contribution is 7.81. The first-order chi connectivity index (χ1) is 11.6. The Labute approximate surface area is 146 Å². The van der Waals surface area contributed by atoms with Gasteiger partial charge in [0.05, 0.1) is 0 Å². The Hall–Kier alpha value is -1.84. The predicted molar refractivity (Wildman–Crippen MR) is 87.8 cm³/mol. The number of carboxylic acid groups (broad SMARTS) is 1. The average Bonchev–Trinajstić information content (AvgIpc) is 2.78. The van der Waals surface area contributed by atoms with Crippen LogP contribution in [0.15, 0.2) is 18.2 Å². The Morgan fingerprint density at radius 1 is 1.24 bits per heavy atom. The van der Waals surface area contributed by atoms with Gasteiger partial charge in [-0.15, -0.1) is 8.42 Å². The van der Waals surface area contributed by atoms with Gasteiger partial charge in [-0.3, -0.25) is 0 Å². The maximum Gasteiger partial charge on any atom is 0.532 e. The molecule has 0 spiro atoms. The number of ether oxygens (including phenoxy) is 2. The van der Waals surface area contributed by atoms with Crippen molar-refractivity contribution in [2.45, 2.75) is 38.8 Å². The number of hydrogen-bond acceptors (Lipinski definition) is 6. The highest BCUT2D eigenvalue weighted by atomic mass is 32.2. The summed E-state index contributed by atoms with van der Waals surface area (Å²) in [5.41, 5.74) is -0.331. The molecule has 1 aromatic carbocycles. The minimum absolute atomic E-state index is 0.180. The van der Waals surface area contributed by atoms with E-state index in [1.807, 2.05) is 0 Å². The topological polar surface area (TPSA) is 99.1 Å². The molecule has 1 aromatic rings. The fourth-order valence-corrected chi connectivity index (χ4v) is 5.49. The van der Waals surface area contributed by atoms with Gasteiger partial charge < -0.3 is 14.6 Å². The lowest BCUT2D eigenvalue weighted by Crippen LogP contribution is -2.68. The molecule has 2 heterocycles. The molecule has 1 amide bonds. The van der Waals surface area contributed by atoms with Crippen LogP contribution in [0.4, 0.5) is 4.79 Å². The second-order valence-corrected chi connectivity index (χ2v) is 8.83. The molecule has 25 heavy (non-hydrogen) atoms. The van der Waals surface area contributed by atoms with Crippen LogP contribution in [0, 0.1) is 0 Å². The molecule has 1 saturated heterocycles. The second kappa shape index (κ2) is 5.86. The van der Waals surface area contributed by atoms with Crippen LogP contribution in [0.3, 0.4) is 0 Å². The summed E-state index contributed by atoms with van der Waals surface area (Å²) in [4.78, 5) is 12.1. The summed E-state index contributed by atoms with van der Waals surface area (Å²) in [5.74, 6) is 1.20. The van der Waals surface area contributed by atoms with Crippen LogP contribution < -0.4 is 9.47 Å². The molecular formula is C16H22NO7S+. The van der Waals surface area contributed by atoms with E-state index in [0.717, 1.165) is 5.56 Å². The van der Waals surface area contributed by atoms with Crippen molar-refractivity contribution in [3.05, 3.63) is 23.8 Å². The highest BCUT2D eigenvalue weighted by Gasteiger charge is 2.68. The lowest BCUT2D eigenvalue weighted by Gasteiger charge is -2.40. The monoisotopic (exact) mass is 372 g/mol. The van der Waals surface area contributed by atoms with Crippen molar-refractivity contribution >= 4 is 16.4 Å². The lowest BCUT2D eigenvalue weighted by atomic mass is 9.98. The molecule has 138 valence electrons. The molecule has 0 radical (unpaired) electrons. The fraction of sp³-hybridized carbons (Fsp3) is 0.562. The van der Waals surface area contributed by atoms with E-state index in [1.165, 1.54) is 0 Å². The van der Waals surface area contributed by atoms with E-state index in [1.54, 1.807) is 39.0 Å². The standard InChI is InChI=1S/C16H21NO7S/c1-16(2,3)17(15(18)19)12(10-24-25(17,20)21)8-11-4-5-13-14(9-11)23-7-6-22-13/h4-5,9,12H,6-8,10H2,1-3H3/p+1/t12-,17?/m0/s1. The number of nitrogens with zero attached hydrogens (tertiary/aromatic N) is 1. The molecule has 9 heteroatoms. The van der Waals surface area contributed by atoms with E-state index in [0.29, 0.717) is 24.7 Å². The van der Waals surface area contributed by atoms with Crippen molar-refractivity contribution < 1.29 is 35.9 Å². The van der Waals surface area contributed by atoms with Crippen LogP contribution in [-0.4, -0.2) is 54.9 Å². The van der Waals surface area contributed by atoms with Gasteiger partial charge in [0.25, 0.3) is 0 Å². The largest absolute Gasteiger partial charge is 0.532 e. The molecule has 2 aliphatic rings. The predicted octanol–water partition coefficient (Wildman–Crippen LogP) is 1.94. The number of fused-ring (bicyclic) bond motifs is 1. The van der Waals surface area contributed by atoms with Crippen molar-refractivity contribution in [2.24, 2.45) is 0 Å². The number of benzene rings is 1. The summed E-state index contributed by atoms with van der Waals surface area (Å²) in [6.07, 6.45) is -1.22. The van der Waals surface area contributed by atoms with Gasteiger partial charge in [-0.05, 0) is 38.5 Å². The van der Waals surface area contributed by atoms with Gasteiger partial charge in [0.1, 0.15) is 31.4 Å². The zero-order chi connectivity index (χ0) is 18.5. The SMILES string of the molecule is CC(C)(C)[N+]1(C(=O)O)[C@@H](Cc2ccc3c(c2)OCCO3)COS1(=O)=O. The molecule has 8 nitrogen and oxygen atoms in total. The molecule has 2 aliphatic heterocycles. The number of amides is 1. The molecule has 1 unspecified atom stereocenters. The second-order valence-electron chi connectivity index (χ2n) is 7.16. The van der Waals surface area contributed by atoms with E-state index in [2.05, 4.69) is 0 Å². The van der Waals surface area contributed by atoms with E-state index in [4.69, 9.17) is 13.7 Å². The summed E-state index contributed by atoms with van der Waals surface area (Å²) < 4.78 is 39.9. The molecule has 1 fully saturated rings. The third-order valence-electron chi connectivity index (χ3n) is 4.63. The molecule has 1 N–H and O–H groups in total. The van der Waals surface area contributed by atoms with Crippen molar-refractivity contribution in [3.8, 4) is 11.5 Å². The Kier molecular flexibility index (Phi) is 4.21. The molecule has 0 aromatic heterocycles. The maximum absolute atomic E-state index is 12.5. The minimum Gasteiger partial charge on any atom is -0.486 e. The first kappa shape index (κ1) is 18.0. The fourth-order valence-electron chi connectivity index (χ4n) is 3.63. The zero-order valence-corrected chi connectivity index (χ0v) is 15.2. The van der Waals surface area contributed by atoms with Crippen molar-refractivity contribution in [1.29, 1.82) is 0 Å². The van der Waals surface area contributed by atoms with E-state index in [9.17, 15) is 18.3 Å². The summed E-state index contributed by atoms with van der Waals surface area (Å²) in [6, 6.07) is 4.53. The van der Waals surface area contributed by atoms with Crippen molar-refractivity contribution in [1.82, 2.24) is 0 Å². The molecule has 0 saturated carbocycles. The Morgan fingerprint density at radius 3 is 2.48 bits per heavy atom. The van der Waals surface area contributed by atoms with Gasteiger partial charge in [0.2, 0.25) is 0 Å². The Balaban J connectivity index is 2.00. The number of rotatable bonds is 2. The molecular weight excluding hydrogens is 350 g/mol. The van der Waals surface area contributed by atoms with Crippen LogP contribution in [-0.2, 0) is 20.9 Å². The number of quaternary nitrogens is 1. The van der Waals surface area contributed by atoms with E-state index >= 15 is 0 Å². The van der Waals surface area contributed by atoms with Gasteiger partial charge in [-0.2, -0.15) is 4.79 Å². The molecule has 0 aliphatic carbocycles. The minimum atomic E-state index is -4.31. The zero-order valence-electron chi connectivity index (χ0n) is 14.4. The van der Waals surface area contributed by atoms with Crippen molar-refractivity contribution in [3.63, 3.8) is 0 Å². The molecule has 2 atom stereocenters. The molecule has 3 rings (SSSR count). The van der Waals surface area contributed by atoms with E-state index in [-0.39, 0.29) is 13.0 Å². The van der Waals surface area contributed by atoms with Gasteiger partial charge in [0, 0.05) is 6.42 Å². The summed E-state index contributed by atoms with van der Waals surface area (Å²) >= 11 is 0. The summed E-state index contributed by atoms with van der Waals surface area (Å²) in [7, 11) is -4.31. The third-order valence-corrected chi connectivity index (χ3v) is 6.78. The average molecular weight is 372 g/mol. The van der Waals surface area contributed by atoms with Gasteiger partial charge in [-0.25, -0.2) is 4.18 Å². The number of carbonyl (C=O) groups is 1. The third kappa shape index (κ3) is 2.66. The normalized spacial score (nSPS) is 27.9. The Morgan fingerprint density at radius 2 is 1.88 bits per heavy atom. The Bertz CT molecular complexity index is 799. The van der Waals surface area contributed by atoms with Gasteiger partial charge in [-0.1, -0.05) is 9.95 Å². The van der Waals surface area contributed by atoms with Gasteiger partial charge in [0.15, 0.2) is 11.5 Å². The van der Waals surface area contributed by atoms with E-state index < -0.39 is 31.9 Å². The van der Waals surface area contributed by atoms with Crippen LogP contribution >= 0.6 is 0 Å². The van der Waals surface area contributed by atoms with Crippen LogP contribution in [0.2, 0.25) is 0 Å². The molecule has 0 bridgehead atoms. The van der Waals surface area contributed by atoms with Crippen LogP contribution in [0.1, 0.15) is 26.3 Å². The van der Waals surface area contributed by atoms with Crippen LogP contribution in [0.5, 0.6) is 11.5 Å². The lowest BCUT2D eigenvalue weighted by molar-refractivity contribution is -0.803. The number of hydrogen-bond donors (Lipinski definition) is 1. The van der Waals surface area contributed by atoms with Crippen molar-refractivity contribution in [2.75, 3.05) is 19.8 Å².